The second-order valence-electron chi connectivity index (χ2n) is 4.49. The zero-order valence-corrected chi connectivity index (χ0v) is 13.1. The third-order valence-corrected chi connectivity index (χ3v) is 4.05. The standard InChI is InChI=1S/C16H10Cl3NO/c17-13-4-1-10(2-5-13)12(9-20)8-16(21)11-3-6-14(18)15(19)7-11/h1-7,12H,8H2/t12-/m1/s1. The van der Waals surface area contributed by atoms with Crippen LogP contribution in [-0.2, 0) is 0 Å². The minimum absolute atomic E-state index is 0.0795. The van der Waals surface area contributed by atoms with E-state index in [1.807, 2.05) is 0 Å². The smallest absolute Gasteiger partial charge is 0.164 e. The van der Waals surface area contributed by atoms with Crippen LogP contribution in [-0.4, -0.2) is 5.78 Å². The van der Waals surface area contributed by atoms with Gasteiger partial charge in [-0.05, 0) is 35.9 Å². The van der Waals surface area contributed by atoms with Gasteiger partial charge in [0.1, 0.15) is 0 Å². The lowest BCUT2D eigenvalue weighted by atomic mass is 9.93. The fourth-order valence-electron chi connectivity index (χ4n) is 1.91. The Morgan fingerprint density at radius 2 is 1.71 bits per heavy atom. The van der Waals surface area contributed by atoms with Gasteiger partial charge in [0, 0.05) is 17.0 Å². The highest BCUT2D eigenvalue weighted by molar-refractivity contribution is 6.42. The van der Waals surface area contributed by atoms with E-state index >= 15 is 0 Å². The molecule has 2 nitrogen and oxygen atoms in total. The summed E-state index contributed by atoms with van der Waals surface area (Å²) in [6, 6.07) is 13.7. The van der Waals surface area contributed by atoms with E-state index in [1.54, 1.807) is 36.4 Å². The second kappa shape index (κ2) is 6.95. The van der Waals surface area contributed by atoms with Crippen LogP contribution in [0.25, 0.3) is 0 Å². The molecule has 0 saturated heterocycles. The lowest BCUT2D eigenvalue weighted by molar-refractivity contribution is 0.0979. The highest BCUT2D eigenvalue weighted by Crippen LogP contribution is 2.26. The fraction of sp³-hybridized carbons (Fsp3) is 0.125. The van der Waals surface area contributed by atoms with E-state index in [9.17, 15) is 10.1 Å². The van der Waals surface area contributed by atoms with Gasteiger partial charge < -0.3 is 0 Å². The lowest BCUT2D eigenvalue weighted by Gasteiger charge is -2.09. The van der Waals surface area contributed by atoms with Crippen molar-refractivity contribution in [2.24, 2.45) is 0 Å². The van der Waals surface area contributed by atoms with E-state index in [0.29, 0.717) is 20.6 Å². The van der Waals surface area contributed by atoms with Gasteiger partial charge in [-0.1, -0.05) is 46.9 Å². The van der Waals surface area contributed by atoms with E-state index in [1.165, 1.54) is 6.07 Å². The fourth-order valence-corrected chi connectivity index (χ4v) is 2.33. The number of Topliss-reactive ketones (excluding diaryl/α,β-unsaturated/α-hetero) is 1. The quantitative estimate of drug-likeness (QED) is 0.688. The number of nitriles is 1. The van der Waals surface area contributed by atoms with Crippen molar-refractivity contribution >= 4 is 40.6 Å². The number of ketones is 1. The van der Waals surface area contributed by atoms with E-state index in [0.717, 1.165) is 5.56 Å². The summed E-state index contributed by atoms with van der Waals surface area (Å²) in [7, 11) is 0. The summed E-state index contributed by atoms with van der Waals surface area (Å²) in [5, 5.41) is 10.6. The Hall–Kier alpha value is -1.53. The van der Waals surface area contributed by atoms with E-state index in [4.69, 9.17) is 34.8 Å². The zero-order chi connectivity index (χ0) is 15.4. The number of hydrogen-bond acceptors (Lipinski definition) is 2. The highest BCUT2D eigenvalue weighted by atomic mass is 35.5. The summed E-state index contributed by atoms with van der Waals surface area (Å²) >= 11 is 17.5. The molecular weight excluding hydrogens is 329 g/mol. The molecule has 2 aromatic rings. The third kappa shape index (κ3) is 3.98. The number of carbonyl (C=O) groups excluding carboxylic acids is 1. The molecule has 0 aliphatic rings. The van der Waals surface area contributed by atoms with Crippen molar-refractivity contribution in [2.45, 2.75) is 12.3 Å². The van der Waals surface area contributed by atoms with Crippen LogP contribution in [0.3, 0.4) is 0 Å². The lowest BCUT2D eigenvalue weighted by Crippen LogP contribution is -2.06. The van der Waals surface area contributed by atoms with Gasteiger partial charge in [0.05, 0.1) is 22.0 Å². The van der Waals surface area contributed by atoms with Crippen molar-refractivity contribution in [3.8, 4) is 6.07 Å². The Morgan fingerprint density at radius 1 is 1.05 bits per heavy atom. The van der Waals surface area contributed by atoms with Gasteiger partial charge >= 0.3 is 0 Å². The number of benzene rings is 2. The summed E-state index contributed by atoms with van der Waals surface area (Å²) in [5.41, 5.74) is 1.20. The number of carbonyl (C=O) groups is 1. The summed E-state index contributed by atoms with van der Waals surface area (Å²) in [6.45, 7) is 0. The number of halogens is 3. The first-order valence-electron chi connectivity index (χ1n) is 6.14. The van der Waals surface area contributed by atoms with Crippen LogP contribution >= 0.6 is 34.8 Å². The minimum Gasteiger partial charge on any atom is -0.294 e. The molecule has 0 heterocycles. The van der Waals surface area contributed by atoms with Crippen LogP contribution < -0.4 is 0 Å². The predicted octanol–water partition coefficient (Wildman–Crippen LogP) is 5.53. The Balaban J connectivity index is 2.18. The van der Waals surface area contributed by atoms with Gasteiger partial charge in [-0.15, -0.1) is 0 Å². The molecule has 21 heavy (non-hydrogen) atoms. The molecule has 0 N–H and O–H groups in total. The maximum atomic E-state index is 12.2. The first-order chi connectivity index (χ1) is 10.0. The third-order valence-electron chi connectivity index (χ3n) is 3.06. The molecule has 1 atom stereocenters. The summed E-state index contributed by atoms with van der Waals surface area (Å²) in [6.07, 6.45) is 0.0795. The number of nitrogens with zero attached hydrogens (tertiary/aromatic N) is 1. The Labute approximate surface area is 137 Å². The molecule has 0 bridgehead atoms. The first kappa shape index (κ1) is 15.9. The molecule has 0 amide bonds. The molecule has 2 aromatic carbocycles. The summed E-state index contributed by atoms with van der Waals surface area (Å²) in [5.74, 6) is -0.681. The summed E-state index contributed by atoms with van der Waals surface area (Å²) in [4.78, 5) is 12.2. The molecule has 0 aromatic heterocycles. The van der Waals surface area contributed by atoms with Crippen molar-refractivity contribution < 1.29 is 4.79 Å². The Morgan fingerprint density at radius 3 is 2.29 bits per heavy atom. The maximum absolute atomic E-state index is 12.2. The van der Waals surface area contributed by atoms with Crippen LogP contribution in [0.2, 0.25) is 15.1 Å². The van der Waals surface area contributed by atoms with E-state index in [2.05, 4.69) is 6.07 Å². The number of rotatable bonds is 4. The second-order valence-corrected chi connectivity index (χ2v) is 5.74. The molecule has 0 unspecified atom stereocenters. The molecule has 0 radical (unpaired) electrons. The molecule has 0 fully saturated rings. The molecule has 106 valence electrons. The molecule has 0 saturated carbocycles. The van der Waals surface area contributed by atoms with Gasteiger partial charge in [-0.25, -0.2) is 0 Å². The van der Waals surface area contributed by atoms with Crippen LogP contribution in [0, 0.1) is 11.3 Å². The molecule has 2 rings (SSSR count). The van der Waals surface area contributed by atoms with Crippen LogP contribution in [0.15, 0.2) is 42.5 Å². The van der Waals surface area contributed by atoms with E-state index in [-0.39, 0.29) is 12.2 Å². The van der Waals surface area contributed by atoms with Crippen molar-refractivity contribution in [3.05, 3.63) is 68.7 Å². The van der Waals surface area contributed by atoms with Gasteiger partial charge in [-0.3, -0.25) is 4.79 Å². The topological polar surface area (TPSA) is 40.9 Å². The average Bonchev–Trinajstić information content (AvgIpc) is 2.48. The van der Waals surface area contributed by atoms with E-state index < -0.39 is 5.92 Å². The average molecular weight is 339 g/mol. The van der Waals surface area contributed by atoms with Crippen molar-refractivity contribution in [2.75, 3.05) is 0 Å². The molecule has 0 aliphatic heterocycles. The molecule has 0 aliphatic carbocycles. The molecule has 0 spiro atoms. The van der Waals surface area contributed by atoms with Gasteiger partial charge in [0.2, 0.25) is 0 Å². The molecule has 5 heteroatoms. The normalized spacial score (nSPS) is 11.7. The van der Waals surface area contributed by atoms with Gasteiger partial charge in [0.25, 0.3) is 0 Å². The van der Waals surface area contributed by atoms with Gasteiger partial charge in [0.15, 0.2) is 5.78 Å². The number of hydrogen-bond donors (Lipinski definition) is 0. The zero-order valence-electron chi connectivity index (χ0n) is 10.8. The Kier molecular flexibility index (Phi) is 5.25. The van der Waals surface area contributed by atoms with Crippen LogP contribution in [0.5, 0.6) is 0 Å². The van der Waals surface area contributed by atoms with Crippen molar-refractivity contribution in [1.29, 1.82) is 5.26 Å². The SMILES string of the molecule is N#C[C@@H](CC(=O)c1ccc(Cl)c(Cl)c1)c1ccc(Cl)cc1. The van der Waals surface area contributed by atoms with Crippen molar-refractivity contribution in [1.82, 2.24) is 0 Å². The van der Waals surface area contributed by atoms with Crippen LogP contribution in [0.1, 0.15) is 28.3 Å². The monoisotopic (exact) mass is 337 g/mol. The predicted molar refractivity (Wildman–Crippen MR) is 85.2 cm³/mol. The minimum atomic E-state index is -0.524. The maximum Gasteiger partial charge on any atom is 0.164 e. The largest absolute Gasteiger partial charge is 0.294 e. The molecular formula is C16H10Cl3NO. The van der Waals surface area contributed by atoms with Gasteiger partial charge in [-0.2, -0.15) is 5.26 Å². The van der Waals surface area contributed by atoms with Crippen molar-refractivity contribution in [3.63, 3.8) is 0 Å². The highest BCUT2D eigenvalue weighted by Gasteiger charge is 2.17. The first-order valence-corrected chi connectivity index (χ1v) is 7.28. The summed E-state index contributed by atoms with van der Waals surface area (Å²) < 4.78 is 0. The Bertz CT molecular complexity index is 704. The van der Waals surface area contributed by atoms with Crippen LogP contribution in [0.4, 0.5) is 0 Å².